The summed E-state index contributed by atoms with van der Waals surface area (Å²) < 4.78 is 0. The Morgan fingerprint density at radius 3 is 2.89 bits per heavy atom. The maximum atomic E-state index is 12.3. The van der Waals surface area contributed by atoms with E-state index in [0.717, 1.165) is 45.4 Å². The molecule has 1 aliphatic heterocycles. The molecule has 4 heteroatoms. The number of carbonyl (C=O) groups is 1. The Balaban J connectivity index is 1.68. The van der Waals surface area contributed by atoms with Crippen molar-refractivity contribution in [3.63, 3.8) is 0 Å². The van der Waals surface area contributed by atoms with Crippen LogP contribution in [0.15, 0.2) is 24.3 Å². The lowest BCUT2D eigenvalue weighted by Gasteiger charge is -2.32. The van der Waals surface area contributed by atoms with Gasteiger partial charge in [0.05, 0.1) is 6.04 Å². The number of nitrogens with one attached hydrogen (secondary N) is 2. The third kappa shape index (κ3) is 2.73. The zero-order valence-corrected chi connectivity index (χ0v) is 11.2. The van der Waals surface area contributed by atoms with Gasteiger partial charge in [-0.2, -0.15) is 0 Å². The number of piperazine rings is 1. The van der Waals surface area contributed by atoms with Crippen molar-refractivity contribution in [2.75, 3.05) is 26.2 Å². The average Bonchev–Trinajstić information content (AvgIpc) is 2.48. The molecule has 1 aromatic carbocycles. The van der Waals surface area contributed by atoms with Crippen LogP contribution < -0.4 is 10.6 Å². The van der Waals surface area contributed by atoms with Crippen molar-refractivity contribution < 1.29 is 4.79 Å². The average molecular weight is 259 g/mol. The van der Waals surface area contributed by atoms with Gasteiger partial charge in [-0.15, -0.1) is 0 Å². The molecule has 1 aliphatic carbocycles. The minimum absolute atomic E-state index is 0.0863. The van der Waals surface area contributed by atoms with Gasteiger partial charge < -0.3 is 15.5 Å². The monoisotopic (exact) mass is 259 g/mol. The quantitative estimate of drug-likeness (QED) is 0.806. The first-order valence-electron chi connectivity index (χ1n) is 7.18. The van der Waals surface area contributed by atoms with Crippen LogP contribution in [0.25, 0.3) is 0 Å². The van der Waals surface area contributed by atoms with Gasteiger partial charge >= 0.3 is 6.03 Å². The summed E-state index contributed by atoms with van der Waals surface area (Å²) in [4.78, 5) is 14.2. The van der Waals surface area contributed by atoms with Gasteiger partial charge in [-0.1, -0.05) is 24.3 Å². The molecule has 0 saturated carbocycles. The predicted molar refractivity (Wildman–Crippen MR) is 75.1 cm³/mol. The Hall–Kier alpha value is -1.55. The molecule has 1 unspecified atom stereocenters. The maximum absolute atomic E-state index is 12.3. The number of amides is 2. The Bertz CT molecular complexity index is 454. The van der Waals surface area contributed by atoms with Crippen LogP contribution in [-0.2, 0) is 6.42 Å². The number of urea groups is 1. The van der Waals surface area contributed by atoms with Crippen molar-refractivity contribution in [1.29, 1.82) is 0 Å². The molecule has 102 valence electrons. The van der Waals surface area contributed by atoms with Crippen LogP contribution in [0.5, 0.6) is 0 Å². The summed E-state index contributed by atoms with van der Waals surface area (Å²) >= 11 is 0. The van der Waals surface area contributed by atoms with E-state index in [1.807, 2.05) is 4.90 Å². The SMILES string of the molecule is O=C(NC1CCCc2ccccc21)N1CCNCC1. The molecular weight excluding hydrogens is 238 g/mol. The highest BCUT2D eigenvalue weighted by molar-refractivity contribution is 5.75. The molecule has 1 saturated heterocycles. The molecule has 3 rings (SSSR count). The summed E-state index contributed by atoms with van der Waals surface area (Å²) in [6, 6.07) is 8.75. The van der Waals surface area contributed by atoms with E-state index in [4.69, 9.17) is 0 Å². The zero-order chi connectivity index (χ0) is 13.1. The summed E-state index contributed by atoms with van der Waals surface area (Å²) in [5.74, 6) is 0. The van der Waals surface area contributed by atoms with Crippen LogP contribution in [0, 0.1) is 0 Å². The minimum Gasteiger partial charge on any atom is -0.331 e. The largest absolute Gasteiger partial charge is 0.331 e. The summed E-state index contributed by atoms with van der Waals surface area (Å²) in [5.41, 5.74) is 2.69. The lowest BCUT2D eigenvalue weighted by atomic mass is 9.88. The fraction of sp³-hybridized carbons (Fsp3) is 0.533. The number of benzene rings is 1. The molecule has 19 heavy (non-hydrogen) atoms. The number of fused-ring (bicyclic) bond motifs is 1. The standard InChI is InChI=1S/C15H21N3O/c19-15(18-10-8-16-9-11-18)17-14-7-3-5-12-4-1-2-6-13(12)14/h1-2,4,6,14,16H,3,5,7-11H2,(H,17,19). The van der Waals surface area contributed by atoms with E-state index in [-0.39, 0.29) is 12.1 Å². The van der Waals surface area contributed by atoms with E-state index in [1.165, 1.54) is 11.1 Å². The fourth-order valence-electron chi connectivity index (χ4n) is 3.01. The first-order valence-corrected chi connectivity index (χ1v) is 7.18. The normalized spacial score (nSPS) is 22.7. The van der Waals surface area contributed by atoms with Crippen molar-refractivity contribution in [1.82, 2.24) is 15.5 Å². The predicted octanol–water partition coefficient (Wildman–Crippen LogP) is 1.68. The van der Waals surface area contributed by atoms with Crippen molar-refractivity contribution >= 4 is 6.03 Å². The summed E-state index contributed by atoms with van der Waals surface area (Å²) in [6.45, 7) is 3.41. The van der Waals surface area contributed by atoms with Crippen LogP contribution in [-0.4, -0.2) is 37.1 Å². The Morgan fingerprint density at radius 2 is 2.05 bits per heavy atom. The fourth-order valence-corrected chi connectivity index (χ4v) is 3.01. The second-order valence-electron chi connectivity index (χ2n) is 5.33. The Labute approximate surface area is 114 Å². The molecule has 1 aromatic rings. The van der Waals surface area contributed by atoms with Crippen LogP contribution in [0.3, 0.4) is 0 Å². The van der Waals surface area contributed by atoms with Crippen LogP contribution >= 0.6 is 0 Å². The number of nitrogens with zero attached hydrogens (tertiary/aromatic N) is 1. The third-order valence-electron chi connectivity index (χ3n) is 4.07. The second-order valence-corrected chi connectivity index (χ2v) is 5.33. The lowest BCUT2D eigenvalue weighted by molar-refractivity contribution is 0.185. The number of hydrogen-bond donors (Lipinski definition) is 2. The maximum Gasteiger partial charge on any atom is 0.317 e. The van der Waals surface area contributed by atoms with Gasteiger partial charge in [0, 0.05) is 26.2 Å². The Kier molecular flexibility index (Phi) is 3.69. The van der Waals surface area contributed by atoms with Crippen molar-refractivity contribution in [3.05, 3.63) is 35.4 Å². The topological polar surface area (TPSA) is 44.4 Å². The van der Waals surface area contributed by atoms with Gasteiger partial charge in [-0.25, -0.2) is 4.79 Å². The highest BCUT2D eigenvalue weighted by atomic mass is 16.2. The van der Waals surface area contributed by atoms with Gasteiger partial charge in [0.2, 0.25) is 0 Å². The number of aryl methyl sites for hydroxylation is 1. The zero-order valence-electron chi connectivity index (χ0n) is 11.2. The van der Waals surface area contributed by atoms with Crippen LogP contribution in [0.1, 0.15) is 30.0 Å². The van der Waals surface area contributed by atoms with Gasteiger partial charge in [-0.3, -0.25) is 0 Å². The molecule has 0 radical (unpaired) electrons. The molecule has 4 nitrogen and oxygen atoms in total. The number of carbonyl (C=O) groups excluding carboxylic acids is 1. The van der Waals surface area contributed by atoms with Crippen molar-refractivity contribution in [3.8, 4) is 0 Å². The van der Waals surface area contributed by atoms with E-state index in [0.29, 0.717) is 0 Å². The van der Waals surface area contributed by atoms with E-state index >= 15 is 0 Å². The molecule has 0 spiro atoms. The summed E-state index contributed by atoms with van der Waals surface area (Å²) in [7, 11) is 0. The van der Waals surface area contributed by atoms with Gasteiger partial charge in [0.15, 0.2) is 0 Å². The van der Waals surface area contributed by atoms with E-state index in [2.05, 4.69) is 34.9 Å². The molecule has 0 bridgehead atoms. The molecule has 1 fully saturated rings. The highest BCUT2D eigenvalue weighted by Gasteiger charge is 2.24. The first kappa shape index (κ1) is 12.5. The molecule has 2 aliphatic rings. The highest BCUT2D eigenvalue weighted by Crippen LogP contribution is 2.29. The molecule has 0 aromatic heterocycles. The lowest BCUT2D eigenvalue weighted by Crippen LogP contribution is -2.51. The Morgan fingerprint density at radius 1 is 1.26 bits per heavy atom. The first-order chi connectivity index (χ1) is 9.34. The van der Waals surface area contributed by atoms with Crippen molar-refractivity contribution in [2.45, 2.75) is 25.3 Å². The molecule has 1 atom stereocenters. The number of hydrogen-bond acceptors (Lipinski definition) is 2. The van der Waals surface area contributed by atoms with Crippen LogP contribution in [0.4, 0.5) is 4.79 Å². The van der Waals surface area contributed by atoms with E-state index < -0.39 is 0 Å². The smallest absolute Gasteiger partial charge is 0.317 e. The number of rotatable bonds is 1. The molecule has 2 N–H and O–H groups in total. The van der Waals surface area contributed by atoms with Gasteiger partial charge in [-0.05, 0) is 30.4 Å². The van der Waals surface area contributed by atoms with E-state index in [1.54, 1.807) is 0 Å². The van der Waals surface area contributed by atoms with Gasteiger partial charge in [0.25, 0.3) is 0 Å². The second kappa shape index (κ2) is 5.61. The summed E-state index contributed by atoms with van der Waals surface area (Å²) in [5, 5.41) is 6.47. The third-order valence-corrected chi connectivity index (χ3v) is 4.07. The molecule has 1 heterocycles. The van der Waals surface area contributed by atoms with E-state index in [9.17, 15) is 4.79 Å². The molecule has 2 amide bonds. The van der Waals surface area contributed by atoms with Gasteiger partial charge in [0.1, 0.15) is 0 Å². The van der Waals surface area contributed by atoms with Crippen molar-refractivity contribution in [2.24, 2.45) is 0 Å². The van der Waals surface area contributed by atoms with Crippen LogP contribution in [0.2, 0.25) is 0 Å². The minimum atomic E-state index is 0.0863. The summed E-state index contributed by atoms with van der Waals surface area (Å²) in [6.07, 6.45) is 3.34. The molecular formula is C15H21N3O.